The number of amides is 2. The van der Waals surface area contributed by atoms with E-state index in [4.69, 9.17) is 4.74 Å². The lowest BCUT2D eigenvalue weighted by Crippen LogP contribution is -2.44. The first-order chi connectivity index (χ1) is 11.5. The molecular formula is C16H15FIN3O3. The van der Waals surface area contributed by atoms with Gasteiger partial charge in [-0.2, -0.15) is 0 Å². The summed E-state index contributed by atoms with van der Waals surface area (Å²) in [6.07, 6.45) is 0. The molecule has 2 aromatic carbocycles. The average molecular weight is 443 g/mol. The molecule has 3 N–H and O–H groups in total. The van der Waals surface area contributed by atoms with Gasteiger partial charge in [0.05, 0.1) is 19.2 Å². The third-order valence-electron chi connectivity index (χ3n) is 3.03. The fraction of sp³-hybridized carbons (Fsp3) is 0.125. The number of carbonyl (C=O) groups is 2. The standard InChI is InChI=1S/C16H15FIN3O3/c1-24-12-5-3-11(4-6-12)19-9-15(22)20-21-16(23)13-8-10(17)2-7-14(13)18/h2-8,19H,9H2,1H3,(H,20,22)(H,21,23). The van der Waals surface area contributed by atoms with Gasteiger partial charge in [-0.15, -0.1) is 0 Å². The molecule has 0 atom stereocenters. The minimum atomic E-state index is -0.586. The normalized spacial score (nSPS) is 9.96. The van der Waals surface area contributed by atoms with Gasteiger partial charge in [0.25, 0.3) is 11.8 Å². The molecule has 2 aromatic rings. The van der Waals surface area contributed by atoms with Crippen LogP contribution < -0.4 is 20.9 Å². The molecule has 0 spiro atoms. The zero-order chi connectivity index (χ0) is 17.5. The molecule has 0 saturated heterocycles. The molecule has 0 aliphatic heterocycles. The third kappa shape index (κ3) is 5.08. The van der Waals surface area contributed by atoms with Crippen molar-refractivity contribution in [1.82, 2.24) is 10.9 Å². The van der Waals surface area contributed by atoms with E-state index >= 15 is 0 Å². The number of methoxy groups -OCH3 is 1. The van der Waals surface area contributed by atoms with Crippen LogP contribution in [0.5, 0.6) is 5.75 Å². The van der Waals surface area contributed by atoms with E-state index in [0.717, 1.165) is 11.8 Å². The van der Waals surface area contributed by atoms with E-state index in [1.165, 1.54) is 12.1 Å². The van der Waals surface area contributed by atoms with Crippen molar-refractivity contribution < 1.29 is 18.7 Å². The maximum atomic E-state index is 13.2. The molecule has 6 nitrogen and oxygen atoms in total. The van der Waals surface area contributed by atoms with Gasteiger partial charge in [0.1, 0.15) is 11.6 Å². The number of carbonyl (C=O) groups excluding carboxylic acids is 2. The second-order valence-corrected chi connectivity index (χ2v) is 5.87. The first-order valence-electron chi connectivity index (χ1n) is 6.92. The zero-order valence-corrected chi connectivity index (χ0v) is 14.9. The van der Waals surface area contributed by atoms with Gasteiger partial charge in [-0.3, -0.25) is 20.4 Å². The molecule has 8 heteroatoms. The number of hydrogen-bond donors (Lipinski definition) is 3. The van der Waals surface area contributed by atoms with Crippen LogP contribution in [0, 0.1) is 9.39 Å². The highest BCUT2D eigenvalue weighted by molar-refractivity contribution is 14.1. The Morgan fingerprint density at radius 2 is 1.83 bits per heavy atom. The maximum Gasteiger partial charge on any atom is 0.270 e. The van der Waals surface area contributed by atoms with Crippen molar-refractivity contribution in [2.24, 2.45) is 0 Å². The molecule has 0 fully saturated rings. The molecule has 0 unspecified atom stereocenters. The van der Waals surface area contributed by atoms with Crippen LogP contribution in [-0.2, 0) is 4.79 Å². The molecule has 24 heavy (non-hydrogen) atoms. The molecule has 0 heterocycles. The monoisotopic (exact) mass is 443 g/mol. The SMILES string of the molecule is COc1ccc(NCC(=O)NNC(=O)c2cc(F)ccc2I)cc1. The second kappa shape index (κ2) is 8.48. The van der Waals surface area contributed by atoms with Crippen LogP contribution >= 0.6 is 22.6 Å². The lowest BCUT2D eigenvalue weighted by molar-refractivity contribution is -0.120. The van der Waals surface area contributed by atoms with Crippen LogP contribution in [0.4, 0.5) is 10.1 Å². The fourth-order valence-electron chi connectivity index (χ4n) is 1.80. The molecule has 126 valence electrons. The van der Waals surface area contributed by atoms with Crippen LogP contribution in [0.2, 0.25) is 0 Å². The van der Waals surface area contributed by atoms with E-state index in [0.29, 0.717) is 9.32 Å². The molecule has 0 aromatic heterocycles. The largest absolute Gasteiger partial charge is 0.497 e. The number of hydrogen-bond acceptors (Lipinski definition) is 4. The number of hydrazine groups is 1. The first kappa shape index (κ1) is 18.0. The fourth-order valence-corrected chi connectivity index (χ4v) is 2.38. The summed E-state index contributed by atoms with van der Waals surface area (Å²) in [5.41, 5.74) is 5.41. The van der Waals surface area contributed by atoms with E-state index in [-0.39, 0.29) is 12.1 Å². The van der Waals surface area contributed by atoms with Crippen molar-refractivity contribution in [3.63, 3.8) is 0 Å². The van der Waals surface area contributed by atoms with Crippen molar-refractivity contribution in [3.8, 4) is 5.75 Å². The summed E-state index contributed by atoms with van der Waals surface area (Å²) >= 11 is 1.92. The summed E-state index contributed by atoms with van der Waals surface area (Å²) in [5.74, 6) is -0.836. The molecule has 2 amide bonds. The van der Waals surface area contributed by atoms with Gasteiger partial charge in [-0.05, 0) is 65.1 Å². The number of benzene rings is 2. The Kier molecular flexibility index (Phi) is 6.36. The highest BCUT2D eigenvalue weighted by atomic mass is 127. The van der Waals surface area contributed by atoms with Gasteiger partial charge in [-0.1, -0.05) is 0 Å². The summed E-state index contributed by atoms with van der Waals surface area (Å²) < 4.78 is 18.8. The highest BCUT2D eigenvalue weighted by Crippen LogP contribution is 2.15. The van der Waals surface area contributed by atoms with Gasteiger partial charge >= 0.3 is 0 Å². The molecule has 0 radical (unpaired) electrons. The Morgan fingerprint density at radius 1 is 1.12 bits per heavy atom. The smallest absolute Gasteiger partial charge is 0.270 e. The van der Waals surface area contributed by atoms with Gasteiger partial charge in [-0.25, -0.2) is 4.39 Å². The quantitative estimate of drug-likeness (QED) is 0.490. The molecule has 0 aliphatic carbocycles. The average Bonchev–Trinajstić information content (AvgIpc) is 2.60. The number of halogens is 2. The Hall–Kier alpha value is -2.36. The van der Waals surface area contributed by atoms with Crippen LogP contribution in [0.3, 0.4) is 0 Å². The second-order valence-electron chi connectivity index (χ2n) is 4.71. The Bertz CT molecular complexity index is 738. The molecular weight excluding hydrogens is 428 g/mol. The van der Waals surface area contributed by atoms with Gasteiger partial charge in [0.2, 0.25) is 0 Å². The topological polar surface area (TPSA) is 79.5 Å². The van der Waals surface area contributed by atoms with Crippen molar-refractivity contribution in [2.75, 3.05) is 19.0 Å². The molecule has 0 bridgehead atoms. The van der Waals surface area contributed by atoms with E-state index in [2.05, 4.69) is 16.2 Å². The summed E-state index contributed by atoms with van der Waals surface area (Å²) in [6, 6.07) is 10.9. The lowest BCUT2D eigenvalue weighted by atomic mass is 10.2. The predicted molar refractivity (Wildman–Crippen MR) is 96.2 cm³/mol. The number of nitrogens with one attached hydrogen (secondary N) is 3. The number of ether oxygens (including phenoxy) is 1. The summed E-state index contributed by atoms with van der Waals surface area (Å²) in [5, 5.41) is 2.90. The van der Waals surface area contributed by atoms with E-state index in [1.807, 2.05) is 22.6 Å². The first-order valence-corrected chi connectivity index (χ1v) is 7.99. The number of anilines is 1. The third-order valence-corrected chi connectivity index (χ3v) is 3.97. The Morgan fingerprint density at radius 3 is 2.50 bits per heavy atom. The van der Waals surface area contributed by atoms with Crippen LogP contribution in [0.25, 0.3) is 0 Å². The predicted octanol–water partition coefficient (Wildman–Crippen LogP) is 2.31. The minimum Gasteiger partial charge on any atom is -0.497 e. The van der Waals surface area contributed by atoms with Gasteiger partial charge in [0.15, 0.2) is 0 Å². The van der Waals surface area contributed by atoms with E-state index < -0.39 is 17.6 Å². The van der Waals surface area contributed by atoms with Crippen LogP contribution in [-0.4, -0.2) is 25.5 Å². The summed E-state index contributed by atoms with van der Waals surface area (Å²) in [6.45, 7) is -0.0349. The Labute approximate surface area is 151 Å². The number of rotatable bonds is 5. The van der Waals surface area contributed by atoms with E-state index in [1.54, 1.807) is 31.4 Å². The minimum absolute atomic E-state index is 0.0349. The van der Waals surface area contributed by atoms with Crippen LogP contribution in [0.15, 0.2) is 42.5 Å². The summed E-state index contributed by atoms with van der Waals surface area (Å²) in [4.78, 5) is 23.7. The lowest BCUT2D eigenvalue weighted by Gasteiger charge is -2.10. The highest BCUT2D eigenvalue weighted by Gasteiger charge is 2.12. The summed E-state index contributed by atoms with van der Waals surface area (Å²) in [7, 11) is 1.57. The van der Waals surface area contributed by atoms with Crippen molar-refractivity contribution in [1.29, 1.82) is 0 Å². The zero-order valence-electron chi connectivity index (χ0n) is 12.7. The van der Waals surface area contributed by atoms with Crippen molar-refractivity contribution in [3.05, 3.63) is 57.4 Å². The van der Waals surface area contributed by atoms with Crippen molar-refractivity contribution in [2.45, 2.75) is 0 Å². The van der Waals surface area contributed by atoms with Gasteiger partial charge < -0.3 is 10.1 Å². The molecule has 2 rings (SSSR count). The van der Waals surface area contributed by atoms with Gasteiger partial charge in [0, 0.05) is 9.26 Å². The Balaban J connectivity index is 1.82. The van der Waals surface area contributed by atoms with Crippen molar-refractivity contribution >= 4 is 40.1 Å². The maximum absolute atomic E-state index is 13.2. The van der Waals surface area contributed by atoms with E-state index in [9.17, 15) is 14.0 Å². The molecule has 0 aliphatic rings. The van der Waals surface area contributed by atoms with Crippen LogP contribution in [0.1, 0.15) is 10.4 Å². The molecule has 0 saturated carbocycles.